The van der Waals surface area contributed by atoms with E-state index < -0.39 is 0 Å². The monoisotopic (exact) mass is 508 g/mol. The molecule has 7 nitrogen and oxygen atoms in total. The number of hydrogen-bond donors (Lipinski definition) is 0. The quantitative estimate of drug-likeness (QED) is 0.353. The van der Waals surface area contributed by atoms with Crippen molar-refractivity contribution in [1.29, 1.82) is 0 Å². The standard InChI is InChI=1S/C28H32N2O5S/c1-4-5-13-29(28(32)22-7-9-23(33-3)10-8-22)18-27(31)30(17-26-20(2)12-14-36-26)16-21-6-11-24-25(15-21)35-19-34-24/h6-12,14-15H,4-5,13,16-19H2,1-3H3. The average Bonchev–Trinajstić information content (AvgIpc) is 3.53. The summed E-state index contributed by atoms with van der Waals surface area (Å²) in [4.78, 5) is 31.6. The Morgan fingerprint density at radius 2 is 1.78 bits per heavy atom. The number of nitrogens with zero attached hydrogens (tertiary/aromatic N) is 2. The Labute approximate surface area is 216 Å². The second-order valence-corrected chi connectivity index (χ2v) is 9.77. The van der Waals surface area contributed by atoms with Gasteiger partial charge in [-0.05, 0) is 72.3 Å². The molecule has 0 N–H and O–H groups in total. The van der Waals surface area contributed by atoms with E-state index >= 15 is 0 Å². The molecule has 36 heavy (non-hydrogen) atoms. The van der Waals surface area contributed by atoms with Crippen LogP contribution < -0.4 is 14.2 Å². The lowest BCUT2D eigenvalue weighted by Crippen LogP contribution is -2.43. The number of benzene rings is 2. The molecule has 0 aliphatic carbocycles. The van der Waals surface area contributed by atoms with E-state index in [1.165, 1.54) is 0 Å². The summed E-state index contributed by atoms with van der Waals surface area (Å²) in [7, 11) is 1.59. The summed E-state index contributed by atoms with van der Waals surface area (Å²) in [6.07, 6.45) is 1.75. The van der Waals surface area contributed by atoms with Gasteiger partial charge in [0.1, 0.15) is 12.3 Å². The number of ether oxygens (including phenoxy) is 3. The largest absolute Gasteiger partial charge is 0.497 e. The minimum absolute atomic E-state index is 0.0137. The molecular weight excluding hydrogens is 476 g/mol. The number of thiophene rings is 1. The number of methoxy groups -OCH3 is 1. The van der Waals surface area contributed by atoms with Gasteiger partial charge in [0, 0.05) is 23.5 Å². The zero-order valence-electron chi connectivity index (χ0n) is 21.0. The third-order valence-electron chi connectivity index (χ3n) is 6.20. The van der Waals surface area contributed by atoms with Crippen LogP contribution in [-0.4, -0.2) is 48.6 Å². The lowest BCUT2D eigenvalue weighted by atomic mass is 10.1. The van der Waals surface area contributed by atoms with E-state index in [0.29, 0.717) is 42.4 Å². The van der Waals surface area contributed by atoms with Crippen molar-refractivity contribution in [1.82, 2.24) is 9.80 Å². The summed E-state index contributed by atoms with van der Waals surface area (Å²) in [6, 6.07) is 14.8. The van der Waals surface area contributed by atoms with Crippen molar-refractivity contribution in [3.8, 4) is 17.2 Å². The normalized spacial score (nSPS) is 11.9. The van der Waals surface area contributed by atoms with Crippen molar-refractivity contribution >= 4 is 23.2 Å². The highest BCUT2D eigenvalue weighted by Crippen LogP contribution is 2.33. The fourth-order valence-electron chi connectivity index (χ4n) is 4.01. The van der Waals surface area contributed by atoms with Crippen molar-refractivity contribution in [2.24, 2.45) is 0 Å². The fraction of sp³-hybridized carbons (Fsp3) is 0.357. The van der Waals surface area contributed by atoms with Crippen LogP contribution >= 0.6 is 11.3 Å². The van der Waals surface area contributed by atoms with Gasteiger partial charge in [-0.3, -0.25) is 9.59 Å². The van der Waals surface area contributed by atoms with Crippen LogP contribution in [0.1, 0.15) is 46.1 Å². The van der Waals surface area contributed by atoms with E-state index in [1.54, 1.807) is 47.6 Å². The zero-order chi connectivity index (χ0) is 25.5. The number of carbonyl (C=O) groups excluding carboxylic acids is 2. The molecular formula is C28H32N2O5S. The molecule has 0 saturated heterocycles. The molecule has 3 aromatic rings. The first-order valence-corrected chi connectivity index (χ1v) is 13.0. The van der Waals surface area contributed by atoms with E-state index in [-0.39, 0.29) is 25.2 Å². The summed E-state index contributed by atoms with van der Waals surface area (Å²) in [5.74, 6) is 1.82. The van der Waals surface area contributed by atoms with Gasteiger partial charge in [0.15, 0.2) is 11.5 Å². The lowest BCUT2D eigenvalue weighted by molar-refractivity contribution is -0.133. The molecule has 0 bridgehead atoms. The highest BCUT2D eigenvalue weighted by Gasteiger charge is 2.24. The van der Waals surface area contributed by atoms with Gasteiger partial charge in [0.05, 0.1) is 13.7 Å². The van der Waals surface area contributed by atoms with Gasteiger partial charge < -0.3 is 24.0 Å². The van der Waals surface area contributed by atoms with Gasteiger partial charge in [-0.1, -0.05) is 19.4 Å². The molecule has 2 aromatic carbocycles. The number of amides is 2. The molecule has 8 heteroatoms. The Morgan fingerprint density at radius 3 is 2.47 bits per heavy atom. The Hall–Kier alpha value is -3.52. The smallest absolute Gasteiger partial charge is 0.254 e. The maximum absolute atomic E-state index is 13.7. The van der Waals surface area contributed by atoms with E-state index in [2.05, 4.69) is 19.9 Å². The van der Waals surface area contributed by atoms with Gasteiger partial charge in [0.2, 0.25) is 12.7 Å². The van der Waals surface area contributed by atoms with Crippen LogP contribution in [-0.2, 0) is 17.9 Å². The van der Waals surface area contributed by atoms with Crippen molar-refractivity contribution in [3.05, 3.63) is 75.5 Å². The predicted octanol–water partition coefficient (Wildman–Crippen LogP) is 5.27. The molecule has 2 heterocycles. The third kappa shape index (κ3) is 6.18. The zero-order valence-corrected chi connectivity index (χ0v) is 21.8. The van der Waals surface area contributed by atoms with E-state index in [0.717, 1.165) is 28.8 Å². The van der Waals surface area contributed by atoms with E-state index in [4.69, 9.17) is 14.2 Å². The molecule has 1 aromatic heterocycles. The molecule has 0 atom stereocenters. The number of aryl methyl sites for hydroxylation is 1. The molecule has 2 amide bonds. The highest BCUT2D eigenvalue weighted by atomic mass is 32.1. The maximum Gasteiger partial charge on any atom is 0.254 e. The van der Waals surface area contributed by atoms with Crippen LogP contribution in [0.2, 0.25) is 0 Å². The van der Waals surface area contributed by atoms with Crippen LogP contribution in [0, 0.1) is 6.92 Å². The molecule has 1 aliphatic heterocycles. The van der Waals surface area contributed by atoms with Gasteiger partial charge in [-0.25, -0.2) is 0 Å². The lowest BCUT2D eigenvalue weighted by Gasteiger charge is -2.28. The highest BCUT2D eigenvalue weighted by molar-refractivity contribution is 7.10. The van der Waals surface area contributed by atoms with E-state index in [1.807, 2.05) is 28.5 Å². The number of carbonyl (C=O) groups is 2. The molecule has 1 aliphatic rings. The van der Waals surface area contributed by atoms with E-state index in [9.17, 15) is 9.59 Å². The van der Waals surface area contributed by atoms with Crippen LogP contribution in [0.3, 0.4) is 0 Å². The van der Waals surface area contributed by atoms with Gasteiger partial charge in [0.25, 0.3) is 5.91 Å². The van der Waals surface area contributed by atoms with Crippen LogP contribution in [0.25, 0.3) is 0 Å². The van der Waals surface area contributed by atoms with Gasteiger partial charge in [-0.2, -0.15) is 0 Å². The molecule has 0 spiro atoms. The van der Waals surface area contributed by atoms with Gasteiger partial charge in [-0.15, -0.1) is 11.3 Å². The van der Waals surface area contributed by atoms with Crippen molar-refractivity contribution in [2.75, 3.05) is 27.0 Å². The predicted molar refractivity (Wildman–Crippen MR) is 140 cm³/mol. The second kappa shape index (κ2) is 11.9. The first-order chi connectivity index (χ1) is 17.5. The first kappa shape index (κ1) is 25.6. The summed E-state index contributed by atoms with van der Waals surface area (Å²) in [5, 5.41) is 2.04. The summed E-state index contributed by atoms with van der Waals surface area (Å²) < 4.78 is 16.2. The molecule has 0 unspecified atom stereocenters. The van der Waals surface area contributed by atoms with Crippen molar-refractivity contribution in [2.45, 2.75) is 39.8 Å². The Kier molecular flexibility index (Phi) is 8.48. The Balaban J connectivity index is 1.54. The first-order valence-electron chi connectivity index (χ1n) is 12.1. The van der Waals surface area contributed by atoms with Crippen molar-refractivity contribution < 1.29 is 23.8 Å². The molecule has 0 saturated carbocycles. The summed E-state index contributed by atoms with van der Waals surface area (Å²) in [5.41, 5.74) is 2.64. The fourth-order valence-corrected chi connectivity index (χ4v) is 4.93. The average molecular weight is 509 g/mol. The Bertz CT molecular complexity index is 1190. The van der Waals surface area contributed by atoms with Crippen LogP contribution in [0.4, 0.5) is 0 Å². The number of fused-ring (bicyclic) bond motifs is 1. The number of hydrogen-bond acceptors (Lipinski definition) is 6. The topological polar surface area (TPSA) is 68.3 Å². The number of rotatable bonds is 11. The summed E-state index contributed by atoms with van der Waals surface area (Å²) >= 11 is 1.63. The van der Waals surface area contributed by atoms with Gasteiger partial charge >= 0.3 is 0 Å². The molecule has 0 fully saturated rings. The van der Waals surface area contributed by atoms with Crippen LogP contribution in [0.5, 0.6) is 17.2 Å². The van der Waals surface area contributed by atoms with Crippen LogP contribution in [0.15, 0.2) is 53.9 Å². The SMILES string of the molecule is CCCCN(CC(=O)N(Cc1ccc2c(c1)OCO2)Cc1sccc1C)C(=O)c1ccc(OC)cc1. The molecule has 4 rings (SSSR count). The number of unbranched alkanes of at least 4 members (excludes halogenated alkanes) is 1. The second-order valence-electron chi connectivity index (χ2n) is 8.77. The third-order valence-corrected chi connectivity index (χ3v) is 7.21. The summed E-state index contributed by atoms with van der Waals surface area (Å²) in [6.45, 7) is 5.75. The maximum atomic E-state index is 13.7. The molecule has 190 valence electrons. The minimum Gasteiger partial charge on any atom is -0.497 e. The Morgan fingerprint density at radius 1 is 1.00 bits per heavy atom. The van der Waals surface area contributed by atoms with Crippen molar-refractivity contribution in [3.63, 3.8) is 0 Å². The minimum atomic E-state index is -0.158. The molecule has 0 radical (unpaired) electrons.